The van der Waals surface area contributed by atoms with Crippen molar-refractivity contribution in [2.24, 2.45) is 0 Å². The Balaban J connectivity index is 2.28. The van der Waals surface area contributed by atoms with E-state index < -0.39 is 5.82 Å². The Morgan fingerprint density at radius 1 is 1.39 bits per heavy atom. The van der Waals surface area contributed by atoms with Gasteiger partial charge in [-0.2, -0.15) is 5.26 Å². The van der Waals surface area contributed by atoms with Crippen LogP contribution in [0.15, 0.2) is 30.5 Å². The van der Waals surface area contributed by atoms with Crippen molar-refractivity contribution >= 4 is 5.69 Å². The first-order valence-electron chi connectivity index (χ1n) is 5.20. The van der Waals surface area contributed by atoms with Crippen LogP contribution in [0.1, 0.15) is 11.3 Å². The summed E-state index contributed by atoms with van der Waals surface area (Å²) in [6.45, 7) is 1.76. The molecule has 2 rings (SSSR count). The van der Waals surface area contributed by atoms with Crippen molar-refractivity contribution < 1.29 is 9.13 Å². The van der Waals surface area contributed by atoms with Crippen LogP contribution in [-0.2, 0) is 0 Å². The normalized spacial score (nSPS) is 9.83. The summed E-state index contributed by atoms with van der Waals surface area (Å²) >= 11 is 0. The average molecular weight is 243 g/mol. The fourth-order valence-corrected chi connectivity index (χ4v) is 1.38. The summed E-state index contributed by atoms with van der Waals surface area (Å²) in [5, 5.41) is 8.60. The zero-order valence-corrected chi connectivity index (χ0v) is 9.64. The van der Waals surface area contributed by atoms with E-state index in [0.29, 0.717) is 11.4 Å². The molecule has 0 saturated heterocycles. The van der Waals surface area contributed by atoms with Gasteiger partial charge in [-0.1, -0.05) is 0 Å². The third-order valence-corrected chi connectivity index (χ3v) is 2.40. The van der Waals surface area contributed by atoms with Gasteiger partial charge in [-0.3, -0.25) is 0 Å². The van der Waals surface area contributed by atoms with Crippen molar-refractivity contribution in [1.82, 2.24) is 4.98 Å². The smallest absolute Gasteiger partial charge is 0.167 e. The lowest BCUT2D eigenvalue weighted by atomic mass is 10.2. The second-order valence-electron chi connectivity index (χ2n) is 3.73. The number of nitrogens with zero attached hydrogens (tertiary/aromatic N) is 2. The minimum absolute atomic E-state index is 0.0770. The Kier molecular flexibility index (Phi) is 3.11. The summed E-state index contributed by atoms with van der Waals surface area (Å²) in [5.74, 6) is -0.104. The second-order valence-corrected chi connectivity index (χ2v) is 3.73. The maximum atomic E-state index is 13.6. The highest BCUT2D eigenvalue weighted by Gasteiger charge is 2.08. The van der Waals surface area contributed by atoms with Crippen LogP contribution in [0.4, 0.5) is 10.1 Å². The van der Waals surface area contributed by atoms with Gasteiger partial charge in [-0.25, -0.2) is 9.37 Å². The van der Waals surface area contributed by atoms with Crippen LogP contribution >= 0.6 is 0 Å². The average Bonchev–Trinajstić information content (AvgIpc) is 2.37. The molecular formula is C13H10FN3O. The minimum Gasteiger partial charge on any atom is -0.453 e. The first-order chi connectivity index (χ1) is 8.60. The predicted octanol–water partition coefficient (Wildman–Crippen LogP) is 2.78. The van der Waals surface area contributed by atoms with E-state index in [1.54, 1.807) is 13.0 Å². The number of benzene rings is 1. The molecule has 18 heavy (non-hydrogen) atoms. The predicted molar refractivity (Wildman–Crippen MR) is 64.6 cm³/mol. The number of ether oxygens (including phenoxy) is 1. The number of hydrogen-bond donors (Lipinski definition) is 1. The molecule has 0 aliphatic carbocycles. The van der Waals surface area contributed by atoms with Gasteiger partial charge >= 0.3 is 0 Å². The molecule has 0 aliphatic heterocycles. The maximum Gasteiger partial charge on any atom is 0.167 e. The maximum absolute atomic E-state index is 13.6. The summed E-state index contributed by atoms with van der Waals surface area (Å²) in [6, 6.07) is 7.67. The van der Waals surface area contributed by atoms with E-state index in [0.717, 1.165) is 5.56 Å². The number of halogens is 1. The molecule has 0 fully saturated rings. The first-order valence-corrected chi connectivity index (χ1v) is 5.20. The molecule has 0 aliphatic rings. The van der Waals surface area contributed by atoms with Crippen molar-refractivity contribution in [3.63, 3.8) is 0 Å². The molecule has 2 N–H and O–H groups in total. The van der Waals surface area contributed by atoms with Crippen LogP contribution < -0.4 is 10.5 Å². The van der Waals surface area contributed by atoms with Gasteiger partial charge in [0.25, 0.3) is 0 Å². The summed E-state index contributed by atoms with van der Waals surface area (Å²) < 4.78 is 18.9. The quantitative estimate of drug-likeness (QED) is 0.823. The van der Waals surface area contributed by atoms with E-state index in [1.165, 1.54) is 24.4 Å². The molecule has 1 aromatic carbocycles. The number of nitrogens with two attached hydrogens (primary N) is 1. The van der Waals surface area contributed by atoms with Crippen LogP contribution in [-0.4, -0.2) is 4.98 Å². The molecule has 0 bridgehead atoms. The van der Waals surface area contributed by atoms with E-state index in [4.69, 9.17) is 15.7 Å². The number of aromatic nitrogens is 1. The van der Waals surface area contributed by atoms with Gasteiger partial charge in [0.2, 0.25) is 0 Å². The highest BCUT2D eigenvalue weighted by Crippen LogP contribution is 2.27. The van der Waals surface area contributed by atoms with Gasteiger partial charge in [-0.15, -0.1) is 0 Å². The van der Waals surface area contributed by atoms with Crippen molar-refractivity contribution in [3.05, 3.63) is 47.5 Å². The molecule has 1 aromatic heterocycles. The van der Waals surface area contributed by atoms with Gasteiger partial charge in [0.15, 0.2) is 11.6 Å². The molecule has 4 nitrogen and oxygen atoms in total. The number of aryl methyl sites for hydroxylation is 1. The zero-order chi connectivity index (χ0) is 13.1. The molecule has 0 atom stereocenters. The van der Waals surface area contributed by atoms with Gasteiger partial charge in [-0.05, 0) is 30.7 Å². The lowest BCUT2D eigenvalue weighted by Gasteiger charge is -2.08. The van der Waals surface area contributed by atoms with Crippen LogP contribution in [0, 0.1) is 24.1 Å². The summed E-state index contributed by atoms with van der Waals surface area (Å²) in [5.41, 5.74) is 6.95. The lowest BCUT2D eigenvalue weighted by Crippen LogP contribution is -1.95. The van der Waals surface area contributed by atoms with Crippen LogP contribution in [0.5, 0.6) is 11.5 Å². The Morgan fingerprint density at radius 3 is 2.78 bits per heavy atom. The molecule has 0 saturated carbocycles. The molecule has 0 unspecified atom stereocenters. The van der Waals surface area contributed by atoms with Gasteiger partial charge in [0.1, 0.15) is 17.5 Å². The molecule has 0 spiro atoms. The minimum atomic E-state index is -0.539. The van der Waals surface area contributed by atoms with Crippen LogP contribution in [0.25, 0.3) is 0 Å². The fourth-order valence-electron chi connectivity index (χ4n) is 1.38. The Morgan fingerprint density at radius 2 is 2.17 bits per heavy atom. The van der Waals surface area contributed by atoms with Crippen molar-refractivity contribution in [1.29, 1.82) is 5.26 Å². The SMILES string of the molecule is Cc1cc(Oc2ccc(C#N)nc2)c(F)cc1N. The standard InChI is InChI=1S/C13H10FN3O/c1-8-4-13(11(14)5-12(8)16)18-10-3-2-9(6-15)17-7-10/h2-5,7H,16H2,1H3. The third-order valence-electron chi connectivity index (χ3n) is 2.40. The highest BCUT2D eigenvalue weighted by atomic mass is 19.1. The fraction of sp³-hybridized carbons (Fsp3) is 0.0769. The Bertz CT molecular complexity index is 617. The summed E-state index contributed by atoms with van der Waals surface area (Å²) in [7, 11) is 0. The second kappa shape index (κ2) is 4.72. The molecule has 0 radical (unpaired) electrons. The molecule has 0 amide bonds. The first kappa shape index (κ1) is 11.9. The van der Waals surface area contributed by atoms with E-state index >= 15 is 0 Å². The van der Waals surface area contributed by atoms with E-state index in [1.807, 2.05) is 6.07 Å². The van der Waals surface area contributed by atoms with E-state index in [-0.39, 0.29) is 11.4 Å². The molecule has 2 aromatic rings. The number of rotatable bonds is 2. The van der Waals surface area contributed by atoms with Crippen LogP contribution in [0.2, 0.25) is 0 Å². The van der Waals surface area contributed by atoms with Gasteiger partial charge in [0.05, 0.1) is 6.20 Å². The number of pyridine rings is 1. The lowest BCUT2D eigenvalue weighted by molar-refractivity contribution is 0.440. The number of nitrogen functional groups attached to an aromatic ring is 1. The molecule has 1 heterocycles. The number of anilines is 1. The monoisotopic (exact) mass is 243 g/mol. The van der Waals surface area contributed by atoms with Crippen molar-refractivity contribution in [2.75, 3.05) is 5.73 Å². The topological polar surface area (TPSA) is 71.9 Å². The highest BCUT2D eigenvalue weighted by molar-refractivity contribution is 5.51. The van der Waals surface area contributed by atoms with Gasteiger partial charge < -0.3 is 10.5 Å². The molecular weight excluding hydrogens is 233 g/mol. The number of hydrogen-bond acceptors (Lipinski definition) is 4. The Labute approximate surface area is 103 Å². The molecule has 90 valence electrons. The van der Waals surface area contributed by atoms with Crippen molar-refractivity contribution in [2.45, 2.75) is 6.92 Å². The Hall–Kier alpha value is -2.61. The molecule has 5 heteroatoms. The number of nitriles is 1. The van der Waals surface area contributed by atoms with E-state index in [2.05, 4.69) is 4.98 Å². The third kappa shape index (κ3) is 2.38. The van der Waals surface area contributed by atoms with Gasteiger partial charge in [0, 0.05) is 11.8 Å². The van der Waals surface area contributed by atoms with Crippen LogP contribution in [0.3, 0.4) is 0 Å². The summed E-state index contributed by atoms with van der Waals surface area (Å²) in [4.78, 5) is 3.83. The van der Waals surface area contributed by atoms with Crippen molar-refractivity contribution in [3.8, 4) is 17.6 Å². The summed E-state index contributed by atoms with van der Waals surface area (Å²) in [6.07, 6.45) is 1.36. The zero-order valence-electron chi connectivity index (χ0n) is 9.64. The largest absolute Gasteiger partial charge is 0.453 e. The van der Waals surface area contributed by atoms with E-state index in [9.17, 15) is 4.39 Å².